The normalized spacial score (nSPS) is 11.9. The van der Waals surface area contributed by atoms with Crippen LogP contribution in [0.2, 0.25) is 0 Å². The molecular weight excluding hydrogens is 332 g/mol. The zero-order valence-electron chi connectivity index (χ0n) is 12.9. The molecule has 0 radical (unpaired) electrons. The maximum atomic E-state index is 12.2. The number of rotatable bonds is 6. The van der Waals surface area contributed by atoms with Gasteiger partial charge in [0, 0.05) is 5.57 Å². The van der Waals surface area contributed by atoms with E-state index in [9.17, 15) is 13.6 Å². The van der Waals surface area contributed by atoms with Gasteiger partial charge in [-0.1, -0.05) is 24.3 Å². The lowest BCUT2D eigenvalue weighted by Crippen LogP contribution is -2.01. The predicted molar refractivity (Wildman–Crippen MR) is 87.2 cm³/mol. The zero-order valence-corrected chi connectivity index (χ0v) is 12.9. The van der Waals surface area contributed by atoms with E-state index in [0.29, 0.717) is 22.2 Å². The average Bonchev–Trinajstić information content (AvgIpc) is 2.99. The molecule has 0 aliphatic heterocycles. The molecule has 1 heterocycles. The van der Waals surface area contributed by atoms with Crippen LogP contribution >= 0.6 is 0 Å². The number of carbonyl (C=O) groups is 1. The highest BCUT2D eigenvalue weighted by molar-refractivity contribution is 5.90. The second-order valence-electron chi connectivity index (χ2n) is 5.17. The Bertz CT molecular complexity index is 883. The number of halogens is 2. The van der Waals surface area contributed by atoms with E-state index < -0.39 is 12.6 Å². The third-order valence-electron chi connectivity index (χ3n) is 3.36. The Kier molecular flexibility index (Phi) is 4.74. The number of alkyl halides is 2. The second kappa shape index (κ2) is 7.12. The van der Waals surface area contributed by atoms with Gasteiger partial charge in [0.05, 0.1) is 6.42 Å². The van der Waals surface area contributed by atoms with Crippen LogP contribution in [0.15, 0.2) is 52.9 Å². The first-order valence-corrected chi connectivity index (χ1v) is 7.34. The fourth-order valence-corrected chi connectivity index (χ4v) is 2.31. The number of oxazole rings is 1. The maximum Gasteiger partial charge on any atom is 0.387 e. The highest BCUT2D eigenvalue weighted by Crippen LogP contribution is 2.26. The lowest BCUT2D eigenvalue weighted by molar-refractivity contribution is -0.135. The summed E-state index contributed by atoms with van der Waals surface area (Å²) < 4.78 is 34.3. The summed E-state index contributed by atoms with van der Waals surface area (Å²) in [5, 5.41) is 9.13. The number of carboxylic acid groups (broad SMARTS) is 1. The van der Waals surface area contributed by atoms with Gasteiger partial charge >= 0.3 is 12.6 Å². The number of hydrogen-bond donors (Lipinski definition) is 1. The van der Waals surface area contributed by atoms with Gasteiger partial charge in [0.2, 0.25) is 5.89 Å². The molecule has 0 spiro atoms. The van der Waals surface area contributed by atoms with Crippen LogP contribution in [0, 0.1) is 0 Å². The fourth-order valence-electron chi connectivity index (χ4n) is 2.31. The lowest BCUT2D eigenvalue weighted by Gasteiger charge is -2.05. The Morgan fingerprint density at radius 1 is 1.20 bits per heavy atom. The van der Waals surface area contributed by atoms with Crippen molar-refractivity contribution >= 4 is 28.7 Å². The van der Waals surface area contributed by atoms with Gasteiger partial charge in [0.15, 0.2) is 5.58 Å². The third-order valence-corrected chi connectivity index (χ3v) is 3.36. The lowest BCUT2D eigenvalue weighted by atomic mass is 10.1. The van der Waals surface area contributed by atoms with E-state index in [2.05, 4.69) is 9.72 Å². The van der Waals surface area contributed by atoms with E-state index in [1.807, 2.05) is 0 Å². The summed E-state index contributed by atoms with van der Waals surface area (Å²) in [6.45, 7) is -2.90. The fraction of sp³-hybridized carbons (Fsp3) is 0.111. The van der Waals surface area contributed by atoms with Crippen LogP contribution in [0.3, 0.4) is 0 Å². The van der Waals surface area contributed by atoms with E-state index in [1.54, 1.807) is 42.5 Å². The van der Waals surface area contributed by atoms with Crippen molar-refractivity contribution < 1.29 is 27.8 Å². The summed E-state index contributed by atoms with van der Waals surface area (Å²) in [5.41, 5.74) is 2.15. The van der Waals surface area contributed by atoms with E-state index >= 15 is 0 Å². The highest BCUT2D eigenvalue weighted by atomic mass is 19.3. The van der Waals surface area contributed by atoms with Gasteiger partial charge < -0.3 is 14.3 Å². The molecule has 0 atom stereocenters. The van der Waals surface area contributed by atoms with E-state index in [1.165, 1.54) is 12.1 Å². The average molecular weight is 345 g/mol. The van der Waals surface area contributed by atoms with Crippen LogP contribution in [-0.2, 0) is 4.79 Å². The topological polar surface area (TPSA) is 72.6 Å². The number of benzene rings is 2. The molecule has 0 amide bonds. The molecule has 1 N–H and O–H groups in total. The summed E-state index contributed by atoms with van der Waals surface area (Å²) in [6, 6.07) is 12.9. The molecule has 0 aliphatic rings. The van der Waals surface area contributed by atoms with Gasteiger partial charge in [-0.2, -0.15) is 8.78 Å². The van der Waals surface area contributed by atoms with Crippen LogP contribution in [0.4, 0.5) is 8.78 Å². The Morgan fingerprint density at radius 3 is 2.56 bits per heavy atom. The van der Waals surface area contributed by atoms with Crippen molar-refractivity contribution in [1.29, 1.82) is 0 Å². The number of aromatic nitrogens is 1. The molecule has 0 aliphatic carbocycles. The Balaban J connectivity index is 1.94. The maximum absolute atomic E-state index is 12.2. The number of aliphatic carboxylic acids is 1. The van der Waals surface area contributed by atoms with Gasteiger partial charge in [0.1, 0.15) is 11.3 Å². The minimum absolute atomic E-state index is 0.0220. The third kappa shape index (κ3) is 4.20. The number of fused-ring (bicyclic) bond motifs is 1. The molecule has 0 bridgehead atoms. The van der Waals surface area contributed by atoms with Gasteiger partial charge in [-0.05, 0) is 35.9 Å². The van der Waals surface area contributed by atoms with Crippen molar-refractivity contribution in [3.63, 3.8) is 0 Å². The van der Waals surface area contributed by atoms with Crippen molar-refractivity contribution in [2.75, 3.05) is 0 Å². The highest BCUT2D eigenvalue weighted by Gasteiger charge is 2.14. The van der Waals surface area contributed by atoms with Gasteiger partial charge in [-0.15, -0.1) is 0 Å². The molecule has 2 aromatic carbocycles. The van der Waals surface area contributed by atoms with Crippen molar-refractivity contribution in [2.45, 2.75) is 13.0 Å². The Labute approximate surface area is 141 Å². The largest absolute Gasteiger partial charge is 0.481 e. The first-order valence-electron chi connectivity index (χ1n) is 7.34. The first kappa shape index (κ1) is 16.6. The summed E-state index contributed by atoms with van der Waals surface area (Å²) in [7, 11) is 0. The van der Waals surface area contributed by atoms with E-state index in [0.717, 1.165) is 0 Å². The molecule has 3 aromatic rings. The SMILES string of the molecule is O=C(O)C/C(=C/c1ccc(OC(F)F)cc1)c1nc2ccccc2o1. The number of ether oxygens (including phenoxy) is 1. The summed E-state index contributed by atoms with van der Waals surface area (Å²) >= 11 is 0. The molecule has 1 aromatic heterocycles. The zero-order chi connectivity index (χ0) is 17.8. The van der Waals surface area contributed by atoms with Crippen LogP contribution in [-0.4, -0.2) is 22.7 Å². The van der Waals surface area contributed by atoms with Crippen molar-refractivity contribution in [3.05, 3.63) is 60.0 Å². The van der Waals surface area contributed by atoms with E-state index in [4.69, 9.17) is 9.52 Å². The van der Waals surface area contributed by atoms with Crippen molar-refractivity contribution in [1.82, 2.24) is 4.98 Å². The number of hydrogen-bond acceptors (Lipinski definition) is 4. The number of carboxylic acids is 1. The molecule has 25 heavy (non-hydrogen) atoms. The van der Waals surface area contributed by atoms with Crippen molar-refractivity contribution in [3.8, 4) is 5.75 Å². The minimum atomic E-state index is -2.90. The van der Waals surface area contributed by atoms with Crippen molar-refractivity contribution in [2.24, 2.45) is 0 Å². The summed E-state index contributed by atoms with van der Waals surface area (Å²) in [4.78, 5) is 15.4. The van der Waals surface area contributed by atoms with E-state index in [-0.39, 0.29) is 18.1 Å². The van der Waals surface area contributed by atoms with Gasteiger partial charge in [-0.25, -0.2) is 4.98 Å². The van der Waals surface area contributed by atoms with Crippen LogP contribution < -0.4 is 4.74 Å². The minimum Gasteiger partial charge on any atom is -0.481 e. The number of para-hydroxylation sites is 2. The second-order valence-corrected chi connectivity index (χ2v) is 5.17. The summed E-state index contributed by atoms with van der Waals surface area (Å²) in [6.07, 6.45) is 1.30. The monoisotopic (exact) mass is 345 g/mol. The standard InChI is InChI=1S/C18H13F2NO4/c19-18(20)24-13-7-5-11(6-8-13)9-12(10-16(22)23)17-21-14-3-1-2-4-15(14)25-17/h1-9,18H,10H2,(H,22,23)/b12-9-. The molecule has 128 valence electrons. The van der Waals surface area contributed by atoms with Gasteiger partial charge in [-0.3, -0.25) is 4.79 Å². The molecule has 0 fully saturated rings. The Morgan fingerprint density at radius 2 is 1.92 bits per heavy atom. The predicted octanol–water partition coefficient (Wildman–Crippen LogP) is 4.44. The smallest absolute Gasteiger partial charge is 0.387 e. The summed E-state index contributed by atoms with van der Waals surface area (Å²) in [5.74, 6) is -0.809. The molecule has 0 saturated carbocycles. The quantitative estimate of drug-likeness (QED) is 0.715. The first-order chi connectivity index (χ1) is 12.0. The molecule has 0 unspecified atom stereocenters. The number of nitrogens with zero attached hydrogens (tertiary/aromatic N) is 1. The van der Waals surface area contributed by atoms with Crippen LogP contribution in [0.1, 0.15) is 17.9 Å². The van der Waals surface area contributed by atoms with Crippen LogP contribution in [0.5, 0.6) is 5.75 Å². The molecular formula is C18H13F2NO4. The van der Waals surface area contributed by atoms with Gasteiger partial charge in [0.25, 0.3) is 0 Å². The Hall–Kier alpha value is -3.22. The van der Waals surface area contributed by atoms with Crippen LogP contribution in [0.25, 0.3) is 22.7 Å². The molecule has 0 saturated heterocycles. The molecule has 7 heteroatoms. The molecule has 3 rings (SSSR count). The molecule has 5 nitrogen and oxygen atoms in total.